The van der Waals surface area contributed by atoms with E-state index in [0.717, 1.165) is 36.2 Å². The van der Waals surface area contributed by atoms with Crippen LogP contribution in [0, 0.1) is 6.92 Å². The van der Waals surface area contributed by atoms with Gasteiger partial charge in [-0.3, -0.25) is 4.68 Å². The molecule has 2 atom stereocenters. The molecule has 1 fully saturated rings. The molecule has 1 heterocycles. The van der Waals surface area contributed by atoms with Crippen molar-refractivity contribution in [1.29, 1.82) is 0 Å². The molecule has 1 aromatic heterocycles. The van der Waals surface area contributed by atoms with E-state index in [4.69, 9.17) is 0 Å². The quantitative estimate of drug-likeness (QED) is 0.879. The van der Waals surface area contributed by atoms with Crippen LogP contribution in [-0.2, 0) is 0 Å². The zero-order chi connectivity index (χ0) is 12.5. The summed E-state index contributed by atoms with van der Waals surface area (Å²) < 4.78 is 2.02. The third-order valence-corrected chi connectivity index (χ3v) is 3.69. The third-order valence-electron chi connectivity index (χ3n) is 3.69. The van der Waals surface area contributed by atoms with E-state index in [1.807, 2.05) is 29.8 Å². The standard InChI is InChI=1S/C15H18N2O/c1-11-10-14(12-6-3-2-4-7-12)17(16-11)13-8-5-9-15(13)18/h2-4,6-7,10,13,15,18H,5,8-9H2,1H3/t13-,15-/m1/s1. The fourth-order valence-electron chi connectivity index (χ4n) is 2.80. The minimum Gasteiger partial charge on any atom is -0.391 e. The molecule has 3 nitrogen and oxygen atoms in total. The highest BCUT2D eigenvalue weighted by atomic mass is 16.3. The second-order valence-corrected chi connectivity index (χ2v) is 5.05. The smallest absolute Gasteiger partial charge is 0.0785 e. The first-order valence-corrected chi connectivity index (χ1v) is 6.55. The fraction of sp³-hybridized carbons (Fsp3) is 0.400. The Morgan fingerprint density at radius 3 is 2.67 bits per heavy atom. The highest BCUT2D eigenvalue weighted by molar-refractivity contribution is 5.60. The molecule has 1 aromatic carbocycles. The molecule has 1 N–H and O–H groups in total. The second kappa shape index (κ2) is 4.58. The lowest BCUT2D eigenvalue weighted by molar-refractivity contribution is 0.131. The number of hydrogen-bond donors (Lipinski definition) is 1. The molecule has 3 rings (SSSR count). The molecule has 0 saturated heterocycles. The van der Waals surface area contributed by atoms with Gasteiger partial charge in [-0.25, -0.2) is 0 Å². The van der Waals surface area contributed by atoms with Gasteiger partial charge in [-0.2, -0.15) is 5.10 Å². The molecule has 0 unspecified atom stereocenters. The maximum atomic E-state index is 10.1. The van der Waals surface area contributed by atoms with Gasteiger partial charge in [-0.15, -0.1) is 0 Å². The van der Waals surface area contributed by atoms with Crippen LogP contribution < -0.4 is 0 Å². The van der Waals surface area contributed by atoms with Crippen molar-refractivity contribution in [1.82, 2.24) is 9.78 Å². The Balaban J connectivity index is 2.05. The lowest BCUT2D eigenvalue weighted by Crippen LogP contribution is -2.20. The summed E-state index contributed by atoms with van der Waals surface area (Å²) in [6.07, 6.45) is 2.73. The van der Waals surface area contributed by atoms with Crippen LogP contribution in [0.1, 0.15) is 31.0 Å². The average molecular weight is 242 g/mol. The lowest BCUT2D eigenvalue weighted by Gasteiger charge is -2.18. The largest absolute Gasteiger partial charge is 0.391 e. The van der Waals surface area contributed by atoms with Crippen LogP contribution in [0.4, 0.5) is 0 Å². The number of aliphatic hydroxyl groups is 1. The summed E-state index contributed by atoms with van der Waals surface area (Å²) in [5, 5.41) is 14.6. The van der Waals surface area contributed by atoms with E-state index in [9.17, 15) is 5.11 Å². The van der Waals surface area contributed by atoms with Gasteiger partial charge < -0.3 is 5.11 Å². The minimum absolute atomic E-state index is 0.133. The van der Waals surface area contributed by atoms with E-state index < -0.39 is 0 Å². The summed E-state index contributed by atoms with van der Waals surface area (Å²) in [6.45, 7) is 2.00. The van der Waals surface area contributed by atoms with Gasteiger partial charge in [-0.1, -0.05) is 30.3 Å². The second-order valence-electron chi connectivity index (χ2n) is 5.05. The van der Waals surface area contributed by atoms with Crippen LogP contribution in [0.15, 0.2) is 36.4 Å². The predicted octanol–water partition coefficient (Wildman–Crippen LogP) is 2.94. The maximum absolute atomic E-state index is 10.1. The van der Waals surface area contributed by atoms with Crippen LogP contribution >= 0.6 is 0 Å². The number of aryl methyl sites for hydroxylation is 1. The SMILES string of the molecule is Cc1cc(-c2ccccc2)n([C@@H]2CCC[C@H]2O)n1. The Labute approximate surface area is 107 Å². The Morgan fingerprint density at radius 2 is 2.00 bits per heavy atom. The topological polar surface area (TPSA) is 38.0 Å². The Kier molecular flexibility index (Phi) is 2.92. The number of nitrogens with zero attached hydrogens (tertiary/aromatic N) is 2. The first-order valence-electron chi connectivity index (χ1n) is 6.55. The van der Waals surface area contributed by atoms with Crippen molar-refractivity contribution < 1.29 is 5.11 Å². The van der Waals surface area contributed by atoms with Gasteiger partial charge in [0.2, 0.25) is 0 Å². The highest BCUT2D eigenvalue weighted by Crippen LogP contribution is 2.33. The van der Waals surface area contributed by atoms with Crippen LogP contribution in [0.5, 0.6) is 0 Å². The molecule has 3 heteroatoms. The van der Waals surface area contributed by atoms with Gasteiger partial charge in [-0.05, 0) is 37.8 Å². The van der Waals surface area contributed by atoms with Gasteiger partial charge in [0.25, 0.3) is 0 Å². The van der Waals surface area contributed by atoms with Crippen LogP contribution in [0.25, 0.3) is 11.3 Å². The van der Waals surface area contributed by atoms with Crippen LogP contribution in [0.3, 0.4) is 0 Å². The molecule has 94 valence electrons. The van der Waals surface area contributed by atoms with Crippen molar-refractivity contribution in [3.63, 3.8) is 0 Å². The monoisotopic (exact) mass is 242 g/mol. The number of aromatic nitrogens is 2. The third kappa shape index (κ3) is 1.95. The Morgan fingerprint density at radius 1 is 1.22 bits per heavy atom. The van der Waals surface area contributed by atoms with Gasteiger partial charge in [0.1, 0.15) is 0 Å². The summed E-state index contributed by atoms with van der Waals surface area (Å²) >= 11 is 0. The number of hydrogen-bond acceptors (Lipinski definition) is 2. The van der Waals surface area contributed by atoms with Gasteiger partial charge in [0.05, 0.1) is 23.5 Å². The summed E-state index contributed by atoms with van der Waals surface area (Å²) in [5.74, 6) is 0. The number of aliphatic hydroxyl groups excluding tert-OH is 1. The molecule has 18 heavy (non-hydrogen) atoms. The van der Waals surface area contributed by atoms with E-state index in [-0.39, 0.29) is 12.1 Å². The first kappa shape index (κ1) is 11.5. The van der Waals surface area contributed by atoms with Crippen molar-refractivity contribution in [3.8, 4) is 11.3 Å². The lowest BCUT2D eigenvalue weighted by atomic mass is 10.1. The Bertz CT molecular complexity index is 533. The molecular weight excluding hydrogens is 224 g/mol. The molecule has 0 bridgehead atoms. The van der Waals surface area contributed by atoms with Crippen molar-refractivity contribution in [2.24, 2.45) is 0 Å². The Hall–Kier alpha value is -1.61. The van der Waals surface area contributed by atoms with Gasteiger partial charge >= 0.3 is 0 Å². The van der Waals surface area contributed by atoms with E-state index in [0.29, 0.717) is 0 Å². The average Bonchev–Trinajstić information content (AvgIpc) is 2.96. The van der Waals surface area contributed by atoms with E-state index in [1.54, 1.807) is 0 Å². The van der Waals surface area contributed by atoms with E-state index >= 15 is 0 Å². The zero-order valence-corrected chi connectivity index (χ0v) is 10.6. The van der Waals surface area contributed by atoms with E-state index in [1.165, 1.54) is 0 Å². The van der Waals surface area contributed by atoms with Crippen molar-refractivity contribution in [2.75, 3.05) is 0 Å². The predicted molar refractivity (Wildman–Crippen MR) is 71.3 cm³/mol. The summed E-state index contributed by atoms with van der Waals surface area (Å²) in [4.78, 5) is 0. The van der Waals surface area contributed by atoms with Crippen LogP contribution in [-0.4, -0.2) is 21.0 Å². The number of benzene rings is 1. The molecule has 2 aromatic rings. The molecule has 0 aliphatic heterocycles. The minimum atomic E-state index is -0.258. The number of rotatable bonds is 2. The van der Waals surface area contributed by atoms with Crippen LogP contribution in [0.2, 0.25) is 0 Å². The van der Waals surface area contributed by atoms with E-state index in [2.05, 4.69) is 23.3 Å². The molecule has 1 saturated carbocycles. The maximum Gasteiger partial charge on any atom is 0.0785 e. The fourth-order valence-corrected chi connectivity index (χ4v) is 2.80. The zero-order valence-electron chi connectivity index (χ0n) is 10.6. The van der Waals surface area contributed by atoms with Gasteiger partial charge in [0.15, 0.2) is 0 Å². The summed E-state index contributed by atoms with van der Waals surface area (Å²) in [6, 6.07) is 12.5. The van der Waals surface area contributed by atoms with Gasteiger partial charge in [0, 0.05) is 0 Å². The molecule has 0 spiro atoms. The van der Waals surface area contributed by atoms with Crippen molar-refractivity contribution >= 4 is 0 Å². The first-order chi connectivity index (χ1) is 8.75. The normalized spacial score (nSPS) is 23.4. The molecule has 0 amide bonds. The van der Waals surface area contributed by atoms with Crippen molar-refractivity contribution in [3.05, 3.63) is 42.1 Å². The highest BCUT2D eigenvalue weighted by Gasteiger charge is 2.29. The van der Waals surface area contributed by atoms with Crippen molar-refractivity contribution in [2.45, 2.75) is 38.3 Å². The molecule has 1 aliphatic carbocycles. The molecular formula is C15H18N2O. The summed E-state index contributed by atoms with van der Waals surface area (Å²) in [7, 11) is 0. The molecule has 0 radical (unpaired) electrons. The molecule has 1 aliphatic rings. The summed E-state index contributed by atoms with van der Waals surface area (Å²) in [5.41, 5.74) is 3.28.